The number of fused-ring (bicyclic) bond motifs is 1. The molecule has 1 atom stereocenters. The fourth-order valence-corrected chi connectivity index (χ4v) is 4.35. The van der Waals surface area contributed by atoms with Crippen LogP contribution in [0.2, 0.25) is 5.02 Å². The van der Waals surface area contributed by atoms with E-state index in [4.69, 9.17) is 11.6 Å². The first-order chi connectivity index (χ1) is 14.8. The van der Waals surface area contributed by atoms with Gasteiger partial charge in [0.25, 0.3) is 0 Å². The Balaban J connectivity index is 1.71. The Hall–Kier alpha value is -3.35. The fourth-order valence-electron chi connectivity index (χ4n) is 4.22. The van der Waals surface area contributed by atoms with E-state index in [0.29, 0.717) is 0 Å². The summed E-state index contributed by atoms with van der Waals surface area (Å²) in [5.74, 6) is 0.131. The Morgan fingerprint density at radius 2 is 1.13 bits per heavy atom. The van der Waals surface area contributed by atoms with Gasteiger partial charge < -0.3 is 0 Å². The summed E-state index contributed by atoms with van der Waals surface area (Å²) in [4.78, 5) is 0. The number of halogens is 1. The van der Waals surface area contributed by atoms with Crippen molar-refractivity contribution in [3.8, 4) is 11.1 Å². The number of rotatable bonds is 4. The van der Waals surface area contributed by atoms with Gasteiger partial charge in [0.05, 0.1) is 0 Å². The number of hydrogen-bond donors (Lipinski definition) is 0. The molecule has 0 heterocycles. The summed E-state index contributed by atoms with van der Waals surface area (Å²) in [5.41, 5.74) is 6.29. The van der Waals surface area contributed by atoms with Crippen molar-refractivity contribution in [2.75, 3.05) is 0 Å². The Kier molecular flexibility index (Phi) is 5.09. The van der Waals surface area contributed by atoms with Gasteiger partial charge in [-0.25, -0.2) is 0 Å². The zero-order chi connectivity index (χ0) is 20.3. The Morgan fingerprint density at radius 1 is 0.500 bits per heavy atom. The third-order valence-corrected chi connectivity index (χ3v) is 5.92. The van der Waals surface area contributed by atoms with E-state index in [9.17, 15) is 0 Å². The van der Waals surface area contributed by atoms with E-state index in [1.54, 1.807) is 0 Å². The van der Waals surface area contributed by atoms with E-state index in [1.165, 1.54) is 38.6 Å². The summed E-state index contributed by atoms with van der Waals surface area (Å²) in [6.07, 6.45) is 0. The third-order valence-electron chi connectivity index (χ3n) is 5.67. The molecule has 0 spiro atoms. The standard InChI is InChI=1S/C29H21Cl/c30-26-18-16-23(17-19-26)29(22-9-2-1-3-10-22)28-13-7-6-12-27(28)25-15-14-21-8-4-5-11-24(21)20-25/h1-20,29H. The van der Waals surface area contributed by atoms with Crippen molar-refractivity contribution in [1.82, 2.24) is 0 Å². The fraction of sp³-hybridized carbons (Fsp3) is 0.0345. The van der Waals surface area contributed by atoms with Gasteiger partial charge in [-0.3, -0.25) is 0 Å². The van der Waals surface area contributed by atoms with Crippen molar-refractivity contribution >= 4 is 22.4 Å². The second kappa shape index (κ2) is 8.18. The smallest absolute Gasteiger partial charge is 0.0406 e. The zero-order valence-corrected chi connectivity index (χ0v) is 17.3. The minimum Gasteiger partial charge on any atom is -0.0843 e. The lowest BCUT2D eigenvalue weighted by molar-refractivity contribution is 0.980. The minimum absolute atomic E-state index is 0.131. The van der Waals surface area contributed by atoms with Crippen molar-refractivity contribution in [2.24, 2.45) is 0 Å². The van der Waals surface area contributed by atoms with Crippen molar-refractivity contribution in [3.63, 3.8) is 0 Å². The largest absolute Gasteiger partial charge is 0.0843 e. The Morgan fingerprint density at radius 3 is 1.93 bits per heavy atom. The first-order valence-electron chi connectivity index (χ1n) is 10.2. The minimum atomic E-state index is 0.131. The van der Waals surface area contributed by atoms with Crippen LogP contribution in [0.5, 0.6) is 0 Å². The van der Waals surface area contributed by atoms with Gasteiger partial charge in [0.15, 0.2) is 0 Å². The summed E-state index contributed by atoms with van der Waals surface area (Å²) in [6, 6.07) is 42.9. The van der Waals surface area contributed by atoms with Crippen LogP contribution in [0.1, 0.15) is 22.6 Å². The van der Waals surface area contributed by atoms with Gasteiger partial charge in [0.1, 0.15) is 0 Å². The molecule has 0 saturated carbocycles. The summed E-state index contributed by atoms with van der Waals surface area (Å²) >= 11 is 6.19. The van der Waals surface area contributed by atoms with Gasteiger partial charge >= 0.3 is 0 Å². The summed E-state index contributed by atoms with van der Waals surface area (Å²) < 4.78 is 0. The molecule has 1 heteroatoms. The average Bonchev–Trinajstić information content (AvgIpc) is 2.81. The molecule has 0 aliphatic rings. The topological polar surface area (TPSA) is 0 Å². The van der Waals surface area contributed by atoms with Crippen LogP contribution in [0.25, 0.3) is 21.9 Å². The van der Waals surface area contributed by atoms with Gasteiger partial charge in [-0.05, 0) is 56.8 Å². The highest BCUT2D eigenvalue weighted by atomic mass is 35.5. The zero-order valence-electron chi connectivity index (χ0n) is 16.5. The molecular formula is C29H21Cl. The molecule has 0 aliphatic heterocycles. The van der Waals surface area contributed by atoms with Crippen LogP contribution in [0.3, 0.4) is 0 Å². The van der Waals surface area contributed by atoms with E-state index in [0.717, 1.165) is 5.02 Å². The van der Waals surface area contributed by atoms with E-state index in [-0.39, 0.29) is 5.92 Å². The highest BCUT2D eigenvalue weighted by Crippen LogP contribution is 2.38. The number of benzene rings is 5. The van der Waals surface area contributed by atoms with Gasteiger partial charge in [-0.15, -0.1) is 0 Å². The van der Waals surface area contributed by atoms with Crippen LogP contribution in [0, 0.1) is 0 Å². The monoisotopic (exact) mass is 404 g/mol. The molecule has 0 aromatic heterocycles. The normalized spacial score (nSPS) is 12.0. The maximum atomic E-state index is 6.19. The molecule has 30 heavy (non-hydrogen) atoms. The Labute approximate surface area is 182 Å². The van der Waals surface area contributed by atoms with Gasteiger partial charge in [-0.1, -0.05) is 115 Å². The number of hydrogen-bond acceptors (Lipinski definition) is 0. The van der Waals surface area contributed by atoms with Crippen LogP contribution in [0.4, 0.5) is 0 Å². The molecule has 1 unspecified atom stereocenters. The van der Waals surface area contributed by atoms with Crippen molar-refractivity contribution in [3.05, 3.63) is 143 Å². The quantitative estimate of drug-likeness (QED) is 0.264. The van der Waals surface area contributed by atoms with E-state index < -0.39 is 0 Å². The molecule has 0 bridgehead atoms. The second-order valence-electron chi connectivity index (χ2n) is 7.54. The summed E-state index contributed by atoms with van der Waals surface area (Å²) in [5, 5.41) is 3.27. The maximum Gasteiger partial charge on any atom is 0.0406 e. The van der Waals surface area contributed by atoms with E-state index >= 15 is 0 Å². The van der Waals surface area contributed by atoms with Gasteiger partial charge in [0, 0.05) is 10.9 Å². The lowest BCUT2D eigenvalue weighted by atomic mass is 9.81. The molecule has 0 fully saturated rings. The second-order valence-corrected chi connectivity index (χ2v) is 7.98. The highest BCUT2D eigenvalue weighted by molar-refractivity contribution is 6.30. The molecule has 5 aromatic carbocycles. The molecule has 0 N–H and O–H groups in total. The molecular weight excluding hydrogens is 384 g/mol. The van der Waals surface area contributed by atoms with Crippen LogP contribution < -0.4 is 0 Å². The lowest BCUT2D eigenvalue weighted by Gasteiger charge is -2.22. The third kappa shape index (κ3) is 3.63. The predicted octanol–water partition coefficient (Wildman–Crippen LogP) is 8.34. The van der Waals surface area contributed by atoms with Crippen LogP contribution in [-0.4, -0.2) is 0 Å². The molecule has 5 rings (SSSR count). The summed E-state index contributed by atoms with van der Waals surface area (Å²) in [6.45, 7) is 0. The van der Waals surface area contributed by atoms with Crippen molar-refractivity contribution < 1.29 is 0 Å². The highest BCUT2D eigenvalue weighted by Gasteiger charge is 2.20. The molecule has 5 aromatic rings. The van der Waals surface area contributed by atoms with Gasteiger partial charge in [0.2, 0.25) is 0 Å². The maximum absolute atomic E-state index is 6.19. The van der Waals surface area contributed by atoms with Crippen LogP contribution in [-0.2, 0) is 0 Å². The predicted molar refractivity (Wildman–Crippen MR) is 128 cm³/mol. The Bertz CT molecular complexity index is 1290. The van der Waals surface area contributed by atoms with Crippen molar-refractivity contribution in [2.45, 2.75) is 5.92 Å². The van der Waals surface area contributed by atoms with Crippen molar-refractivity contribution in [1.29, 1.82) is 0 Å². The molecule has 144 valence electrons. The van der Waals surface area contributed by atoms with E-state index in [1.807, 2.05) is 12.1 Å². The van der Waals surface area contributed by atoms with Crippen LogP contribution in [0.15, 0.2) is 121 Å². The molecule has 0 amide bonds. The summed E-state index contributed by atoms with van der Waals surface area (Å²) in [7, 11) is 0. The first-order valence-corrected chi connectivity index (χ1v) is 10.6. The first kappa shape index (κ1) is 18.7. The van der Waals surface area contributed by atoms with Crippen LogP contribution >= 0.6 is 11.6 Å². The average molecular weight is 405 g/mol. The molecule has 0 nitrogen and oxygen atoms in total. The van der Waals surface area contributed by atoms with E-state index in [2.05, 4.69) is 109 Å². The SMILES string of the molecule is Clc1ccc(C(c2ccccc2)c2ccccc2-c2ccc3ccccc3c2)cc1. The molecule has 0 radical (unpaired) electrons. The molecule has 0 saturated heterocycles. The lowest BCUT2D eigenvalue weighted by Crippen LogP contribution is -2.05. The van der Waals surface area contributed by atoms with Gasteiger partial charge in [-0.2, -0.15) is 0 Å². The molecule has 0 aliphatic carbocycles.